The second-order valence-corrected chi connectivity index (χ2v) is 6.49. The van der Waals surface area contributed by atoms with E-state index in [-0.39, 0.29) is 32.4 Å². The molecule has 26 heavy (non-hydrogen) atoms. The molecule has 3 rings (SSSR count). The lowest BCUT2D eigenvalue weighted by atomic mass is 9.91. The van der Waals surface area contributed by atoms with Gasteiger partial charge in [0.2, 0.25) is 5.60 Å². The Labute approximate surface area is 155 Å². The van der Waals surface area contributed by atoms with Gasteiger partial charge in [0.1, 0.15) is 5.82 Å². The van der Waals surface area contributed by atoms with Crippen LogP contribution < -0.4 is 5.48 Å². The lowest BCUT2D eigenvalue weighted by Gasteiger charge is -2.28. The molecule has 2 aromatic carbocycles. The maximum absolute atomic E-state index is 13.8. The maximum Gasteiger partial charge on any atom is 0.428 e. The molecule has 0 radical (unpaired) electrons. The first-order valence-corrected chi connectivity index (χ1v) is 8.02. The van der Waals surface area contributed by atoms with Crippen LogP contribution in [0, 0.1) is 5.82 Å². The number of hydrogen-bond acceptors (Lipinski definition) is 3. The number of halogens is 6. The SMILES string of the molecule is OCc1ccc(C2=CC(c3cc(Cl)cc(Cl)c3)(C(F)(F)F)ON2)cc1F. The molecule has 9 heteroatoms. The zero-order chi connectivity index (χ0) is 19.1. The molecule has 1 heterocycles. The van der Waals surface area contributed by atoms with Crippen molar-refractivity contribution in [1.82, 2.24) is 5.48 Å². The van der Waals surface area contributed by atoms with Crippen LogP contribution in [-0.2, 0) is 17.0 Å². The van der Waals surface area contributed by atoms with E-state index in [4.69, 9.17) is 33.1 Å². The van der Waals surface area contributed by atoms with E-state index in [1.54, 1.807) is 0 Å². The Kier molecular flexibility index (Phi) is 4.92. The van der Waals surface area contributed by atoms with E-state index >= 15 is 0 Å². The largest absolute Gasteiger partial charge is 0.428 e. The highest BCUT2D eigenvalue weighted by molar-refractivity contribution is 6.34. The van der Waals surface area contributed by atoms with Crippen molar-refractivity contribution in [2.75, 3.05) is 0 Å². The molecule has 0 aromatic heterocycles. The molecular formula is C17H11Cl2F4NO2. The van der Waals surface area contributed by atoms with Crippen molar-refractivity contribution in [3.05, 3.63) is 75.0 Å². The van der Waals surface area contributed by atoms with Crippen molar-refractivity contribution in [2.24, 2.45) is 0 Å². The number of aliphatic hydroxyl groups is 1. The van der Waals surface area contributed by atoms with Crippen LogP contribution in [0.4, 0.5) is 17.6 Å². The minimum absolute atomic E-state index is 0.0138. The van der Waals surface area contributed by atoms with Crippen molar-refractivity contribution < 1.29 is 27.5 Å². The van der Waals surface area contributed by atoms with E-state index in [9.17, 15) is 17.6 Å². The fraction of sp³-hybridized carbons (Fsp3) is 0.176. The zero-order valence-electron chi connectivity index (χ0n) is 12.9. The lowest BCUT2D eigenvalue weighted by molar-refractivity contribution is -0.269. The molecule has 1 aliphatic rings. The quantitative estimate of drug-likeness (QED) is 0.706. The third kappa shape index (κ3) is 3.27. The van der Waals surface area contributed by atoms with Gasteiger partial charge in [0.05, 0.1) is 12.3 Å². The van der Waals surface area contributed by atoms with Crippen LogP contribution in [0.15, 0.2) is 42.5 Å². The highest BCUT2D eigenvalue weighted by Gasteiger charge is 2.59. The Morgan fingerprint density at radius 2 is 1.73 bits per heavy atom. The number of hydrogen-bond donors (Lipinski definition) is 2. The van der Waals surface area contributed by atoms with Crippen molar-refractivity contribution in [2.45, 2.75) is 18.4 Å². The van der Waals surface area contributed by atoms with Gasteiger partial charge in [0.25, 0.3) is 0 Å². The van der Waals surface area contributed by atoms with Gasteiger partial charge in [-0.2, -0.15) is 13.2 Å². The number of benzene rings is 2. The van der Waals surface area contributed by atoms with Crippen LogP contribution in [-0.4, -0.2) is 11.3 Å². The van der Waals surface area contributed by atoms with Crippen LogP contribution in [0.25, 0.3) is 5.70 Å². The number of alkyl halides is 3. The van der Waals surface area contributed by atoms with Gasteiger partial charge in [-0.3, -0.25) is 10.3 Å². The second kappa shape index (κ2) is 6.74. The van der Waals surface area contributed by atoms with Gasteiger partial charge in [0.15, 0.2) is 0 Å². The van der Waals surface area contributed by atoms with Gasteiger partial charge in [-0.05, 0) is 30.3 Å². The molecule has 3 nitrogen and oxygen atoms in total. The van der Waals surface area contributed by atoms with Gasteiger partial charge < -0.3 is 5.11 Å². The summed E-state index contributed by atoms with van der Waals surface area (Å²) < 4.78 is 55.4. The smallest absolute Gasteiger partial charge is 0.392 e. The first kappa shape index (κ1) is 19.0. The topological polar surface area (TPSA) is 41.5 Å². The summed E-state index contributed by atoms with van der Waals surface area (Å²) in [5.41, 5.74) is -0.900. The van der Waals surface area contributed by atoms with Crippen molar-refractivity contribution in [3.63, 3.8) is 0 Å². The predicted octanol–water partition coefficient (Wildman–Crippen LogP) is 4.96. The molecular weight excluding hydrogens is 397 g/mol. The summed E-state index contributed by atoms with van der Waals surface area (Å²) in [6, 6.07) is 7.14. The molecule has 0 saturated carbocycles. The molecule has 0 saturated heterocycles. The standard InChI is InChI=1S/C17H11Cl2F4NO2/c18-12-4-11(5-13(19)6-12)16(17(21,22)23)7-15(24-26-16)9-1-2-10(8-25)14(20)3-9/h1-7,24-25H,8H2. The van der Waals surface area contributed by atoms with Gasteiger partial charge in [-0.1, -0.05) is 35.3 Å². The van der Waals surface area contributed by atoms with E-state index in [0.717, 1.165) is 24.3 Å². The van der Waals surface area contributed by atoms with Crippen LogP contribution in [0.1, 0.15) is 16.7 Å². The zero-order valence-corrected chi connectivity index (χ0v) is 14.4. The summed E-state index contributed by atoms with van der Waals surface area (Å²) >= 11 is 11.7. The van der Waals surface area contributed by atoms with Gasteiger partial charge in [-0.15, -0.1) is 0 Å². The average Bonchev–Trinajstić information content (AvgIpc) is 3.00. The Morgan fingerprint density at radius 1 is 1.08 bits per heavy atom. The molecule has 1 atom stereocenters. The van der Waals surface area contributed by atoms with Gasteiger partial charge in [-0.25, -0.2) is 4.39 Å². The van der Waals surface area contributed by atoms with E-state index in [0.29, 0.717) is 0 Å². The number of hydroxylamine groups is 1. The Hall–Kier alpha value is -1.80. The molecule has 0 aliphatic carbocycles. The van der Waals surface area contributed by atoms with E-state index < -0.39 is 24.2 Å². The summed E-state index contributed by atoms with van der Waals surface area (Å²) in [6.07, 6.45) is -4.05. The van der Waals surface area contributed by atoms with Crippen LogP contribution in [0.5, 0.6) is 0 Å². The fourth-order valence-electron chi connectivity index (χ4n) is 2.60. The maximum atomic E-state index is 13.8. The monoisotopic (exact) mass is 407 g/mol. The van der Waals surface area contributed by atoms with Crippen molar-refractivity contribution in [1.29, 1.82) is 0 Å². The van der Waals surface area contributed by atoms with E-state index in [2.05, 4.69) is 5.48 Å². The third-order valence-electron chi connectivity index (χ3n) is 3.92. The first-order valence-electron chi connectivity index (χ1n) is 7.26. The minimum atomic E-state index is -4.85. The number of rotatable bonds is 3. The van der Waals surface area contributed by atoms with E-state index in [1.165, 1.54) is 18.2 Å². The first-order chi connectivity index (χ1) is 12.2. The molecule has 0 fully saturated rings. The minimum Gasteiger partial charge on any atom is -0.392 e. The fourth-order valence-corrected chi connectivity index (χ4v) is 3.12. The third-order valence-corrected chi connectivity index (χ3v) is 4.35. The van der Waals surface area contributed by atoms with Crippen LogP contribution in [0.3, 0.4) is 0 Å². The molecule has 0 bridgehead atoms. The second-order valence-electron chi connectivity index (χ2n) is 5.62. The molecule has 1 aliphatic heterocycles. The molecule has 0 spiro atoms. The number of aliphatic hydroxyl groups excluding tert-OH is 1. The van der Waals surface area contributed by atoms with Gasteiger partial charge in [0, 0.05) is 26.7 Å². The molecule has 2 N–H and O–H groups in total. The normalized spacial score (nSPS) is 20.0. The molecule has 1 unspecified atom stereocenters. The lowest BCUT2D eigenvalue weighted by Crippen LogP contribution is -2.42. The highest BCUT2D eigenvalue weighted by atomic mass is 35.5. The summed E-state index contributed by atoms with van der Waals surface area (Å²) in [6.45, 7) is -0.525. The van der Waals surface area contributed by atoms with Crippen LogP contribution in [0.2, 0.25) is 10.0 Å². The van der Waals surface area contributed by atoms with Crippen molar-refractivity contribution in [3.8, 4) is 0 Å². The number of nitrogens with one attached hydrogen (secondary N) is 1. The van der Waals surface area contributed by atoms with Crippen LogP contribution >= 0.6 is 23.2 Å². The average molecular weight is 408 g/mol. The highest BCUT2D eigenvalue weighted by Crippen LogP contribution is 2.48. The predicted molar refractivity (Wildman–Crippen MR) is 88.7 cm³/mol. The molecule has 138 valence electrons. The molecule has 0 amide bonds. The summed E-state index contributed by atoms with van der Waals surface area (Å²) in [5, 5.41) is 9.02. The summed E-state index contributed by atoms with van der Waals surface area (Å²) in [4.78, 5) is 4.91. The molecule has 2 aromatic rings. The Morgan fingerprint density at radius 3 is 2.27 bits per heavy atom. The Balaban J connectivity index is 2.12. The van der Waals surface area contributed by atoms with Crippen molar-refractivity contribution >= 4 is 28.9 Å². The van der Waals surface area contributed by atoms with E-state index in [1.807, 2.05) is 0 Å². The Bertz CT molecular complexity index is 865. The van der Waals surface area contributed by atoms with Gasteiger partial charge >= 0.3 is 6.18 Å². The summed E-state index contributed by atoms with van der Waals surface area (Å²) in [7, 11) is 0. The summed E-state index contributed by atoms with van der Waals surface area (Å²) in [5.74, 6) is -0.747.